The summed E-state index contributed by atoms with van der Waals surface area (Å²) >= 11 is 0. The average Bonchev–Trinajstić information content (AvgIpc) is 2.24. The third-order valence-corrected chi connectivity index (χ3v) is 4.37. The van der Waals surface area contributed by atoms with Gasteiger partial charge >= 0.3 is 12.1 Å². The Morgan fingerprint density at radius 1 is 1.33 bits per heavy atom. The first-order chi connectivity index (χ1) is 9.43. The van der Waals surface area contributed by atoms with Crippen LogP contribution in [0.1, 0.15) is 5.56 Å². The molecular formula is C11H11F4NO4S. The lowest BCUT2D eigenvalue weighted by Crippen LogP contribution is -2.42. The van der Waals surface area contributed by atoms with E-state index in [4.69, 9.17) is 5.11 Å². The fraction of sp³-hybridized carbons (Fsp3) is 0.364. The number of benzene rings is 1. The zero-order chi connectivity index (χ0) is 16.4. The average molecular weight is 329 g/mol. The molecule has 0 fully saturated rings. The molecule has 0 bridgehead atoms. The largest absolute Gasteiger partial charge is 0.480 e. The van der Waals surface area contributed by atoms with E-state index in [1.54, 1.807) is 0 Å². The topological polar surface area (TPSA) is 74.7 Å². The first kappa shape index (κ1) is 17.4. The van der Waals surface area contributed by atoms with Crippen LogP contribution in [0, 0.1) is 12.7 Å². The zero-order valence-corrected chi connectivity index (χ0v) is 11.5. The quantitative estimate of drug-likeness (QED) is 0.836. The van der Waals surface area contributed by atoms with Gasteiger partial charge in [0.25, 0.3) is 0 Å². The second kappa shape index (κ2) is 5.98. The number of aliphatic carboxylic acids is 1. The van der Waals surface area contributed by atoms with Crippen LogP contribution in [-0.4, -0.2) is 43.1 Å². The number of alkyl halides is 3. The van der Waals surface area contributed by atoms with Crippen LogP contribution in [0.2, 0.25) is 0 Å². The van der Waals surface area contributed by atoms with Gasteiger partial charge in [0.2, 0.25) is 10.0 Å². The minimum atomic E-state index is -4.91. The van der Waals surface area contributed by atoms with Gasteiger partial charge in [0, 0.05) is 0 Å². The molecule has 0 saturated heterocycles. The minimum absolute atomic E-state index is 0.118. The maximum atomic E-state index is 12.9. The Bertz CT molecular complexity index is 642. The van der Waals surface area contributed by atoms with Crippen molar-refractivity contribution in [2.45, 2.75) is 18.0 Å². The van der Waals surface area contributed by atoms with Crippen molar-refractivity contribution in [2.75, 3.05) is 13.1 Å². The van der Waals surface area contributed by atoms with Crippen molar-refractivity contribution < 1.29 is 35.9 Å². The van der Waals surface area contributed by atoms with E-state index in [0.29, 0.717) is 0 Å². The molecule has 1 rings (SSSR count). The number of hydrogen-bond donors (Lipinski definition) is 1. The lowest BCUT2D eigenvalue weighted by Gasteiger charge is -2.22. The number of aryl methyl sites for hydroxylation is 1. The van der Waals surface area contributed by atoms with Gasteiger partial charge in [0.05, 0.1) is 4.90 Å². The summed E-state index contributed by atoms with van der Waals surface area (Å²) in [5.74, 6) is -2.49. The normalized spacial score (nSPS) is 12.7. The van der Waals surface area contributed by atoms with Crippen molar-refractivity contribution in [1.29, 1.82) is 0 Å². The first-order valence-electron chi connectivity index (χ1n) is 5.48. The van der Waals surface area contributed by atoms with Crippen molar-refractivity contribution in [2.24, 2.45) is 0 Å². The Balaban J connectivity index is 3.29. The minimum Gasteiger partial charge on any atom is -0.480 e. The third kappa shape index (κ3) is 4.67. The van der Waals surface area contributed by atoms with Gasteiger partial charge in [-0.3, -0.25) is 4.79 Å². The standard InChI is InChI=1S/C11H11F4NO4S/c1-7-4-8(12)2-3-9(7)21(19,20)16(5-10(17)18)6-11(13,14)15/h2-4H,5-6H2,1H3,(H,17,18). The van der Waals surface area contributed by atoms with E-state index < -0.39 is 46.0 Å². The summed E-state index contributed by atoms with van der Waals surface area (Å²) < 4.78 is 74.2. The van der Waals surface area contributed by atoms with E-state index in [1.807, 2.05) is 0 Å². The number of rotatable bonds is 5. The predicted octanol–water partition coefficient (Wildman–Crippen LogP) is 1.77. The number of carboxylic acids is 1. The molecule has 1 aromatic carbocycles. The highest BCUT2D eigenvalue weighted by molar-refractivity contribution is 7.89. The van der Waals surface area contributed by atoms with E-state index in [0.717, 1.165) is 18.2 Å². The van der Waals surface area contributed by atoms with Crippen LogP contribution in [0.5, 0.6) is 0 Å². The summed E-state index contributed by atoms with van der Waals surface area (Å²) in [7, 11) is -4.71. The lowest BCUT2D eigenvalue weighted by molar-refractivity contribution is -0.146. The Morgan fingerprint density at radius 3 is 2.33 bits per heavy atom. The maximum absolute atomic E-state index is 12.9. The van der Waals surface area contributed by atoms with Crippen molar-refractivity contribution >= 4 is 16.0 Å². The van der Waals surface area contributed by atoms with Crippen LogP contribution in [-0.2, 0) is 14.8 Å². The summed E-state index contributed by atoms with van der Waals surface area (Å²) in [5, 5.41) is 8.57. The number of nitrogens with zero attached hydrogens (tertiary/aromatic N) is 1. The molecule has 0 heterocycles. The van der Waals surface area contributed by atoms with Crippen molar-refractivity contribution in [3.8, 4) is 0 Å². The van der Waals surface area contributed by atoms with Gasteiger partial charge in [-0.1, -0.05) is 0 Å². The molecule has 1 N–H and O–H groups in total. The summed E-state index contributed by atoms with van der Waals surface area (Å²) in [6.07, 6.45) is -4.91. The van der Waals surface area contributed by atoms with Gasteiger partial charge in [-0.15, -0.1) is 0 Å². The van der Waals surface area contributed by atoms with Crippen LogP contribution in [0.15, 0.2) is 23.1 Å². The van der Waals surface area contributed by atoms with Gasteiger partial charge in [0.15, 0.2) is 0 Å². The molecule has 10 heteroatoms. The molecule has 1 aromatic rings. The van der Waals surface area contributed by atoms with Crippen molar-refractivity contribution in [1.82, 2.24) is 4.31 Å². The molecule has 0 aliphatic rings. The molecule has 0 saturated carbocycles. The number of hydrogen-bond acceptors (Lipinski definition) is 3. The van der Waals surface area contributed by atoms with Crippen LogP contribution in [0.3, 0.4) is 0 Å². The zero-order valence-electron chi connectivity index (χ0n) is 10.7. The van der Waals surface area contributed by atoms with Gasteiger partial charge < -0.3 is 5.11 Å². The number of sulfonamides is 1. The SMILES string of the molecule is Cc1cc(F)ccc1S(=O)(=O)N(CC(=O)O)CC(F)(F)F. The van der Waals surface area contributed by atoms with E-state index in [9.17, 15) is 30.8 Å². The van der Waals surface area contributed by atoms with E-state index in [1.165, 1.54) is 6.92 Å². The summed E-state index contributed by atoms with van der Waals surface area (Å²) in [4.78, 5) is 10.0. The molecule has 0 unspecified atom stereocenters. The molecule has 0 aliphatic carbocycles. The molecule has 0 amide bonds. The molecular weight excluding hydrogens is 318 g/mol. The first-order valence-corrected chi connectivity index (χ1v) is 6.92. The molecule has 0 spiro atoms. The smallest absolute Gasteiger partial charge is 0.402 e. The van der Waals surface area contributed by atoms with Crippen molar-refractivity contribution in [3.05, 3.63) is 29.6 Å². The molecule has 21 heavy (non-hydrogen) atoms. The van der Waals surface area contributed by atoms with E-state index in [-0.39, 0.29) is 9.87 Å². The fourth-order valence-electron chi connectivity index (χ4n) is 1.62. The number of carboxylic acid groups (broad SMARTS) is 1. The Labute approximate surface area is 117 Å². The third-order valence-electron chi connectivity index (χ3n) is 2.42. The Hall–Kier alpha value is -1.68. The van der Waals surface area contributed by atoms with Gasteiger partial charge in [-0.05, 0) is 30.7 Å². The predicted molar refractivity (Wildman–Crippen MR) is 63.6 cm³/mol. The molecule has 0 aliphatic heterocycles. The maximum Gasteiger partial charge on any atom is 0.402 e. The van der Waals surface area contributed by atoms with E-state index >= 15 is 0 Å². The Kier molecular flexibility index (Phi) is 4.95. The van der Waals surface area contributed by atoms with Crippen LogP contribution >= 0.6 is 0 Å². The molecule has 0 atom stereocenters. The second-order valence-electron chi connectivity index (χ2n) is 4.19. The monoisotopic (exact) mass is 329 g/mol. The molecule has 0 radical (unpaired) electrons. The number of halogens is 4. The van der Waals surface area contributed by atoms with Gasteiger partial charge in [-0.2, -0.15) is 17.5 Å². The van der Waals surface area contributed by atoms with Gasteiger partial charge in [-0.25, -0.2) is 12.8 Å². The highest BCUT2D eigenvalue weighted by Gasteiger charge is 2.38. The highest BCUT2D eigenvalue weighted by Crippen LogP contribution is 2.24. The van der Waals surface area contributed by atoms with E-state index in [2.05, 4.69) is 0 Å². The summed E-state index contributed by atoms with van der Waals surface area (Å²) in [6.45, 7) is -2.10. The molecule has 0 aromatic heterocycles. The summed E-state index contributed by atoms with van der Waals surface area (Å²) in [6, 6.07) is 2.40. The summed E-state index contributed by atoms with van der Waals surface area (Å²) in [5.41, 5.74) is -0.118. The van der Waals surface area contributed by atoms with Crippen molar-refractivity contribution in [3.63, 3.8) is 0 Å². The highest BCUT2D eigenvalue weighted by atomic mass is 32.2. The fourth-order valence-corrected chi connectivity index (χ4v) is 3.20. The van der Waals surface area contributed by atoms with Crippen LogP contribution < -0.4 is 0 Å². The Morgan fingerprint density at radius 2 is 1.90 bits per heavy atom. The molecule has 118 valence electrons. The van der Waals surface area contributed by atoms with Gasteiger partial charge in [0.1, 0.15) is 18.9 Å². The number of carbonyl (C=O) groups is 1. The van der Waals surface area contributed by atoms with Crippen LogP contribution in [0.25, 0.3) is 0 Å². The second-order valence-corrected chi connectivity index (χ2v) is 6.10. The van der Waals surface area contributed by atoms with Crippen LogP contribution in [0.4, 0.5) is 17.6 Å². The lowest BCUT2D eigenvalue weighted by atomic mass is 10.2. The molecule has 5 nitrogen and oxygen atoms in total.